The van der Waals surface area contributed by atoms with Crippen LogP contribution in [-0.4, -0.2) is 38.1 Å². The molecule has 3 nitrogen and oxygen atoms in total. The van der Waals surface area contributed by atoms with Crippen molar-refractivity contribution in [2.24, 2.45) is 0 Å². The minimum absolute atomic E-state index is 0.220. The van der Waals surface area contributed by atoms with E-state index in [0.29, 0.717) is 26.1 Å². The monoisotopic (exact) mass is 397 g/mol. The number of fused-ring (bicyclic) bond motifs is 1. The minimum Gasteiger partial charge on any atom is -0.489 e. The number of likely N-dealkylation sites (tertiary alicyclic amines) is 1. The molecule has 1 atom stereocenters. The van der Waals surface area contributed by atoms with Gasteiger partial charge in [-0.25, -0.2) is 8.78 Å². The maximum absolute atomic E-state index is 12.8. The first kappa shape index (κ1) is 19.8. The standard InChI is InChI=1S/C24H25F2NO2/c1-28-24(12-13-27(17-24)15-23(25)26)20-9-5-10-21(14-20)29-16-19-8-4-7-18-6-2-3-11-22(18)19/h2-11,14,23H,12-13,15-17H2,1H3. The average molecular weight is 397 g/mol. The lowest BCUT2D eigenvalue weighted by molar-refractivity contribution is -0.0106. The van der Waals surface area contributed by atoms with Gasteiger partial charge in [-0.1, -0.05) is 54.6 Å². The normalized spacial score (nSPS) is 19.9. The van der Waals surface area contributed by atoms with Crippen molar-refractivity contribution in [3.05, 3.63) is 77.9 Å². The lowest BCUT2D eigenvalue weighted by atomic mass is 9.92. The molecule has 0 radical (unpaired) electrons. The van der Waals surface area contributed by atoms with Crippen molar-refractivity contribution < 1.29 is 18.3 Å². The maximum atomic E-state index is 12.8. The molecule has 5 heteroatoms. The molecule has 1 aliphatic heterocycles. The number of alkyl halides is 2. The van der Waals surface area contributed by atoms with Crippen LogP contribution in [0.4, 0.5) is 8.78 Å². The van der Waals surface area contributed by atoms with Gasteiger partial charge in [-0.3, -0.25) is 4.90 Å². The Morgan fingerprint density at radius 3 is 2.66 bits per heavy atom. The van der Waals surface area contributed by atoms with Crippen LogP contribution in [0.3, 0.4) is 0 Å². The molecule has 1 fully saturated rings. The molecule has 1 unspecified atom stereocenters. The maximum Gasteiger partial charge on any atom is 0.251 e. The van der Waals surface area contributed by atoms with Crippen LogP contribution in [0.2, 0.25) is 0 Å². The third-order valence-electron chi connectivity index (χ3n) is 5.73. The molecule has 1 aliphatic rings. The highest BCUT2D eigenvalue weighted by molar-refractivity contribution is 5.85. The molecular formula is C24H25F2NO2. The van der Waals surface area contributed by atoms with Gasteiger partial charge >= 0.3 is 0 Å². The van der Waals surface area contributed by atoms with Gasteiger partial charge in [0, 0.05) is 20.2 Å². The van der Waals surface area contributed by atoms with Crippen LogP contribution in [0.25, 0.3) is 10.8 Å². The number of nitrogens with zero attached hydrogens (tertiary/aromatic N) is 1. The second-order valence-electron chi connectivity index (χ2n) is 7.53. The van der Waals surface area contributed by atoms with Crippen molar-refractivity contribution in [1.29, 1.82) is 0 Å². The zero-order valence-electron chi connectivity index (χ0n) is 16.5. The van der Waals surface area contributed by atoms with Gasteiger partial charge in [0.2, 0.25) is 0 Å². The highest BCUT2D eigenvalue weighted by Crippen LogP contribution is 2.37. The molecule has 3 aromatic carbocycles. The molecule has 152 valence electrons. The average Bonchev–Trinajstić information content (AvgIpc) is 3.16. The Hall–Kier alpha value is -2.50. The van der Waals surface area contributed by atoms with E-state index in [1.54, 1.807) is 12.0 Å². The van der Waals surface area contributed by atoms with Gasteiger partial charge in [-0.15, -0.1) is 0 Å². The molecule has 0 aliphatic carbocycles. The Labute approximate surface area is 169 Å². The van der Waals surface area contributed by atoms with Crippen molar-refractivity contribution in [1.82, 2.24) is 4.90 Å². The number of hydrogen-bond donors (Lipinski definition) is 0. The summed E-state index contributed by atoms with van der Waals surface area (Å²) in [6.45, 7) is 1.30. The van der Waals surface area contributed by atoms with Gasteiger partial charge in [0.25, 0.3) is 6.43 Å². The van der Waals surface area contributed by atoms with Gasteiger partial charge in [-0.2, -0.15) is 0 Å². The molecule has 0 amide bonds. The third kappa shape index (κ3) is 4.26. The number of hydrogen-bond acceptors (Lipinski definition) is 3. The summed E-state index contributed by atoms with van der Waals surface area (Å²) in [6.07, 6.45) is -1.65. The van der Waals surface area contributed by atoms with Crippen LogP contribution in [0.15, 0.2) is 66.7 Å². The van der Waals surface area contributed by atoms with Crippen LogP contribution in [0.1, 0.15) is 17.5 Å². The highest BCUT2D eigenvalue weighted by atomic mass is 19.3. The highest BCUT2D eigenvalue weighted by Gasteiger charge is 2.40. The van der Waals surface area contributed by atoms with E-state index in [2.05, 4.69) is 24.3 Å². The van der Waals surface area contributed by atoms with Crippen molar-refractivity contribution in [3.8, 4) is 5.75 Å². The van der Waals surface area contributed by atoms with Crippen molar-refractivity contribution in [2.45, 2.75) is 25.1 Å². The van der Waals surface area contributed by atoms with E-state index in [9.17, 15) is 8.78 Å². The van der Waals surface area contributed by atoms with Crippen LogP contribution in [-0.2, 0) is 16.9 Å². The first-order valence-corrected chi connectivity index (χ1v) is 9.85. The number of benzene rings is 3. The minimum atomic E-state index is -2.34. The fraction of sp³-hybridized carbons (Fsp3) is 0.333. The molecule has 4 rings (SSSR count). The van der Waals surface area contributed by atoms with Gasteiger partial charge < -0.3 is 9.47 Å². The number of halogens is 2. The third-order valence-corrected chi connectivity index (χ3v) is 5.73. The van der Waals surface area contributed by atoms with Gasteiger partial charge in [0.05, 0.1) is 6.54 Å². The molecule has 0 saturated carbocycles. The van der Waals surface area contributed by atoms with Crippen LogP contribution >= 0.6 is 0 Å². The summed E-state index contributed by atoms with van der Waals surface area (Å²) in [4.78, 5) is 1.76. The fourth-order valence-corrected chi connectivity index (χ4v) is 4.18. The van der Waals surface area contributed by atoms with Crippen LogP contribution in [0, 0.1) is 0 Å². The summed E-state index contributed by atoms with van der Waals surface area (Å²) < 4.78 is 37.5. The summed E-state index contributed by atoms with van der Waals surface area (Å²) >= 11 is 0. The summed E-state index contributed by atoms with van der Waals surface area (Å²) in [5, 5.41) is 2.36. The second-order valence-corrected chi connectivity index (χ2v) is 7.53. The Bertz CT molecular complexity index is 973. The Morgan fingerprint density at radius 1 is 1.03 bits per heavy atom. The molecule has 0 spiro atoms. The van der Waals surface area contributed by atoms with E-state index in [1.165, 1.54) is 10.8 Å². The van der Waals surface area contributed by atoms with E-state index < -0.39 is 12.0 Å². The summed E-state index contributed by atoms with van der Waals surface area (Å²) in [5.41, 5.74) is 1.51. The topological polar surface area (TPSA) is 21.7 Å². The Morgan fingerprint density at radius 2 is 1.83 bits per heavy atom. The molecule has 0 bridgehead atoms. The van der Waals surface area contributed by atoms with Crippen molar-refractivity contribution in [2.75, 3.05) is 26.7 Å². The fourth-order valence-electron chi connectivity index (χ4n) is 4.18. The zero-order chi connectivity index (χ0) is 20.3. The number of ether oxygens (including phenoxy) is 2. The second kappa shape index (κ2) is 8.47. The lowest BCUT2D eigenvalue weighted by Crippen LogP contribution is -2.34. The van der Waals surface area contributed by atoms with E-state index in [1.807, 2.05) is 42.5 Å². The molecule has 3 aromatic rings. The smallest absolute Gasteiger partial charge is 0.251 e. The van der Waals surface area contributed by atoms with Gasteiger partial charge in [0.15, 0.2) is 0 Å². The Balaban J connectivity index is 1.51. The molecule has 29 heavy (non-hydrogen) atoms. The molecule has 0 N–H and O–H groups in total. The van der Waals surface area contributed by atoms with Crippen molar-refractivity contribution >= 4 is 10.8 Å². The first-order valence-electron chi connectivity index (χ1n) is 9.85. The predicted molar refractivity (Wildman–Crippen MR) is 110 cm³/mol. The first-order chi connectivity index (χ1) is 14.1. The zero-order valence-corrected chi connectivity index (χ0v) is 16.5. The number of rotatable bonds is 7. The molecule has 1 heterocycles. The van der Waals surface area contributed by atoms with E-state index in [-0.39, 0.29) is 6.54 Å². The van der Waals surface area contributed by atoms with E-state index >= 15 is 0 Å². The summed E-state index contributed by atoms with van der Waals surface area (Å²) in [5.74, 6) is 0.749. The predicted octanol–water partition coefficient (Wildman–Crippen LogP) is 5.23. The SMILES string of the molecule is COC1(c2cccc(OCc3cccc4ccccc34)c2)CCN(CC(F)F)C1. The lowest BCUT2D eigenvalue weighted by Gasteiger charge is -2.29. The molecule has 1 saturated heterocycles. The summed E-state index contributed by atoms with van der Waals surface area (Å²) in [6, 6.07) is 22.3. The van der Waals surface area contributed by atoms with Gasteiger partial charge in [0.1, 0.15) is 18.0 Å². The van der Waals surface area contributed by atoms with Crippen LogP contribution < -0.4 is 4.74 Å². The van der Waals surface area contributed by atoms with Crippen LogP contribution in [0.5, 0.6) is 5.75 Å². The molecular weight excluding hydrogens is 372 g/mol. The Kier molecular flexibility index (Phi) is 5.79. The largest absolute Gasteiger partial charge is 0.489 e. The number of methoxy groups -OCH3 is 1. The van der Waals surface area contributed by atoms with E-state index in [4.69, 9.17) is 9.47 Å². The summed E-state index contributed by atoms with van der Waals surface area (Å²) in [7, 11) is 1.65. The van der Waals surface area contributed by atoms with Gasteiger partial charge in [-0.05, 0) is 40.5 Å². The quantitative estimate of drug-likeness (QED) is 0.545. The van der Waals surface area contributed by atoms with Crippen molar-refractivity contribution in [3.63, 3.8) is 0 Å². The molecule has 0 aromatic heterocycles. The van der Waals surface area contributed by atoms with E-state index in [0.717, 1.165) is 16.9 Å².